The Hall–Kier alpha value is -2.03. The third-order valence-electron chi connectivity index (χ3n) is 1.33. The van der Waals surface area contributed by atoms with Crippen LogP contribution in [-0.2, 0) is 0 Å². The first-order chi connectivity index (χ1) is 6.06. The first-order valence-corrected chi connectivity index (χ1v) is 3.10. The molecule has 1 aromatic carbocycles. The number of rotatable bonds is 1. The molecular formula is C7H2F2N2O2. The van der Waals surface area contributed by atoms with E-state index in [1.165, 1.54) is 6.07 Å². The minimum atomic E-state index is -1.35. The van der Waals surface area contributed by atoms with Crippen LogP contribution >= 0.6 is 0 Å². The second-order valence-corrected chi connectivity index (χ2v) is 2.15. The number of halogens is 2. The zero-order valence-electron chi connectivity index (χ0n) is 6.12. The van der Waals surface area contributed by atoms with Gasteiger partial charge in [0.2, 0.25) is 5.82 Å². The van der Waals surface area contributed by atoms with Crippen LogP contribution in [0.3, 0.4) is 0 Å². The molecule has 0 N–H and O–H groups in total. The van der Waals surface area contributed by atoms with Gasteiger partial charge < -0.3 is 0 Å². The van der Waals surface area contributed by atoms with Gasteiger partial charge in [0.25, 0.3) is 0 Å². The second-order valence-electron chi connectivity index (χ2n) is 2.15. The van der Waals surface area contributed by atoms with Crippen molar-refractivity contribution < 1.29 is 13.7 Å². The van der Waals surface area contributed by atoms with E-state index in [4.69, 9.17) is 5.26 Å². The summed E-state index contributed by atoms with van der Waals surface area (Å²) in [4.78, 5) is 9.14. The summed E-state index contributed by atoms with van der Waals surface area (Å²) >= 11 is 0. The summed E-state index contributed by atoms with van der Waals surface area (Å²) in [5.74, 6) is -2.36. The molecular weight excluding hydrogens is 182 g/mol. The Bertz CT molecular complexity index is 412. The maximum Gasteiger partial charge on any atom is 0.322 e. The monoisotopic (exact) mass is 184 g/mol. The highest BCUT2D eigenvalue weighted by Gasteiger charge is 2.21. The molecule has 0 fully saturated rings. The standard InChI is InChI=1S/C7H2F2N2O2/c8-5-1-4(3-10)7(11(12)13)6(9)2-5/h1-2H. The molecule has 4 nitrogen and oxygen atoms in total. The zero-order chi connectivity index (χ0) is 10.0. The van der Waals surface area contributed by atoms with Crippen LogP contribution in [0.2, 0.25) is 0 Å². The van der Waals surface area contributed by atoms with E-state index in [0.29, 0.717) is 12.1 Å². The van der Waals surface area contributed by atoms with Crippen LogP contribution < -0.4 is 0 Å². The highest BCUT2D eigenvalue weighted by molar-refractivity contribution is 5.49. The van der Waals surface area contributed by atoms with Crippen LogP contribution in [-0.4, -0.2) is 4.92 Å². The molecule has 0 aromatic heterocycles. The molecule has 0 aliphatic rings. The van der Waals surface area contributed by atoms with Gasteiger partial charge in [-0.05, 0) is 6.07 Å². The van der Waals surface area contributed by atoms with Crippen molar-refractivity contribution in [3.05, 3.63) is 39.4 Å². The van der Waals surface area contributed by atoms with E-state index < -0.39 is 27.8 Å². The molecule has 13 heavy (non-hydrogen) atoms. The first-order valence-electron chi connectivity index (χ1n) is 3.10. The molecule has 0 aliphatic carbocycles. The van der Waals surface area contributed by atoms with Gasteiger partial charge in [-0.25, -0.2) is 4.39 Å². The summed E-state index contributed by atoms with van der Waals surface area (Å²) in [5.41, 5.74) is -1.62. The summed E-state index contributed by atoms with van der Waals surface area (Å²) in [6.45, 7) is 0. The topological polar surface area (TPSA) is 66.9 Å². The Labute approximate surface area is 71.2 Å². The summed E-state index contributed by atoms with van der Waals surface area (Å²) in [6, 6.07) is 2.31. The molecule has 0 bridgehead atoms. The molecule has 66 valence electrons. The lowest BCUT2D eigenvalue weighted by atomic mass is 10.2. The molecule has 0 unspecified atom stereocenters. The highest BCUT2D eigenvalue weighted by Crippen LogP contribution is 2.22. The van der Waals surface area contributed by atoms with Crippen molar-refractivity contribution in [3.8, 4) is 6.07 Å². The summed E-state index contributed by atoms with van der Waals surface area (Å²) in [6.07, 6.45) is 0. The molecule has 0 radical (unpaired) electrons. The largest absolute Gasteiger partial charge is 0.322 e. The predicted octanol–water partition coefficient (Wildman–Crippen LogP) is 1.74. The molecule has 0 heterocycles. The van der Waals surface area contributed by atoms with Gasteiger partial charge in [0.15, 0.2) is 0 Å². The molecule has 1 aromatic rings. The Kier molecular flexibility index (Phi) is 2.19. The van der Waals surface area contributed by atoms with E-state index >= 15 is 0 Å². The fourth-order valence-electron chi connectivity index (χ4n) is 0.837. The first kappa shape index (κ1) is 9.06. The van der Waals surface area contributed by atoms with E-state index in [1.807, 2.05) is 0 Å². The van der Waals surface area contributed by atoms with Gasteiger partial charge in [0, 0.05) is 6.07 Å². The SMILES string of the molecule is N#Cc1cc(F)cc(F)c1[N+](=O)[O-]. The zero-order valence-corrected chi connectivity index (χ0v) is 6.12. The van der Waals surface area contributed by atoms with Crippen molar-refractivity contribution in [1.29, 1.82) is 5.26 Å². The number of nitro benzene ring substituents is 1. The van der Waals surface area contributed by atoms with Crippen LogP contribution in [0.5, 0.6) is 0 Å². The van der Waals surface area contributed by atoms with Gasteiger partial charge in [-0.15, -0.1) is 0 Å². The minimum Gasteiger partial charge on any atom is -0.258 e. The number of nitrogens with zero attached hydrogens (tertiary/aromatic N) is 2. The van der Waals surface area contributed by atoms with Gasteiger partial charge in [-0.1, -0.05) is 0 Å². The molecule has 0 saturated carbocycles. The molecule has 0 atom stereocenters. The van der Waals surface area contributed by atoms with Crippen LogP contribution in [0.25, 0.3) is 0 Å². The Morgan fingerprint density at radius 1 is 1.46 bits per heavy atom. The van der Waals surface area contributed by atoms with Gasteiger partial charge in [0.05, 0.1) is 4.92 Å². The summed E-state index contributed by atoms with van der Waals surface area (Å²) in [5, 5.41) is 18.5. The van der Waals surface area contributed by atoms with Crippen molar-refractivity contribution in [2.24, 2.45) is 0 Å². The molecule has 1 rings (SSSR count). The normalized spacial score (nSPS) is 9.31. The second kappa shape index (κ2) is 3.15. The molecule has 0 spiro atoms. The van der Waals surface area contributed by atoms with Gasteiger partial charge in [-0.3, -0.25) is 10.1 Å². The van der Waals surface area contributed by atoms with E-state index in [1.54, 1.807) is 0 Å². The summed E-state index contributed by atoms with van der Waals surface area (Å²) < 4.78 is 25.2. The van der Waals surface area contributed by atoms with E-state index in [9.17, 15) is 18.9 Å². The maximum atomic E-state index is 12.7. The lowest BCUT2D eigenvalue weighted by Crippen LogP contribution is -1.97. The van der Waals surface area contributed by atoms with Gasteiger partial charge in [0.1, 0.15) is 17.4 Å². The van der Waals surface area contributed by atoms with Crippen LogP contribution in [0.4, 0.5) is 14.5 Å². The van der Waals surface area contributed by atoms with Crippen molar-refractivity contribution in [3.63, 3.8) is 0 Å². The predicted molar refractivity (Wildman–Crippen MR) is 37.7 cm³/mol. The van der Waals surface area contributed by atoms with Crippen molar-refractivity contribution in [2.45, 2.75) is 0 Å². The van der Waals surface area contributed by atoms with Crippen molar-refractivity contribution >= 4 is 5.69 Å². The number of nitro groups is 1. The number of nitriles is 1. The summed E-state index contributed by atoms with van der Waals surface area (Å²) in [7, 11) is 0. The van der Waals surface area contributed by atoms with Gasteiger partial charge in [-0.2, -0.15) is 9.65 Å². The maximum absolute atomic E-state index is 12.7. The lowest BCUT2D eigenvalue weighted by molar-refractivity contribution is -0.387. The number of hydrogen-bond donors (Lipinski definition) is 0. The van der Waals surface area contributed by atoms with Crippen molar-refractivity contribution in [1.82, 2.24) is 0 Å². The number of hydrogen-bond acceptors (Lipinski definition) is 3. The minimum absolute atomic E-state index is 0.360. The number of benzene rings is 1. The smallest absolute Gasteiger partial charge is 0.258 e. The average molecular weight is 184 g/mol. The lowest BCUT2D eigenvalue weighted by Gasteiger charge is -1.95. The van der Waals surface area contributed by atoms with E-state index in [2.05, 4.69) is 0 Å². The quantitative estimate of drug-likeness (QED) is 0.493. The Morgan fingerprint density at radius 2 is 2.08 bits per heavy atom. The third-order valence-corrected chi connectivity index (χ3v) is 1.33. The molecule has 0 amide bonds. The van der Waals surface area contributed by atoms with Crippen LogP contribution in [0.1, 0.15) is 5.56 Å². The van der Waals surface area contributed by atoms with Crippen LogP contribution in [0, 0.1) is 33.1 Å². The van der Waals surface area contributed by atoms with Crippen LogP contribution in [0.15, 0.2) is 12.1 Å². The highest BCUT2D eigenvalue weighted by atomic mass is 19.1. The van der Waals surface area contributed by atoms with Crippen molar-refractivity contribution in [2.75, 3.05) is 0 Å². The van der Waals surface area contributed by atoms with Gasteiger partial charge >= 0.3 is 5.69 Å². The molecule has 0 aliphatic heterocycles. The molecule has 0 saturated heterocycles. The Balaban J connectivity index is 3.50. The fraction of sp³-hybridized carbons (Fsp3) is 0. The average Bonchev–Trinajstić information content (AvgIpc) is 2.01. The fourth-order valence-corrected chi connectivity index (χ4v) is 0.837. The molecule has 6 heteroatoms. The Morgan fingerprint density at radius 3 is 2.54 bits per heavy atom. The van der Waals surface area contributed by atoms with E-state index in [0.717, 1.165) is 0 Å². The van der Waals surface area contributed by atoms with E-state index in [-0.39, 0.29) is 0 Å². The third kappa shape index (κ3) is 1.59.